The highest BCUT2D eigenvalue weighted by Gasteiger charge is 2.24. The molecular weight excluding hydrogens is 318 g/mol. The monoisotopic (exact) mass is 347 g/mol. The maximum Gasteiger partial charge on any atom is 0.409 e. The van der Waals surface area contributed by atoms with Gasteiger partial charge in [-0.3, -0.25) is 4.79 Å². The molecule has 1 heterocycles. The molecule has 0 radical (unpaired) electrons. The number of rotatable bonds is 8. The van der Waals surface area contributed by atoms with Crippen LogP contribution in [0.5, 0.6) is 0 Å². The van der Waals surface area contributed by atoms with Gasteiger partial charge in [-0.2, -0.15) is 0 Å². The molecule has 1 aromatic carbocycles. The zero-order valence-corrected chi connectivity index (χ0v) is 15.1. The van der Waals surface area contributed by atoms with Crippen molar-refractivity contribution in [3.63, 3.8) is 0 Å². The first-order valence-corrected chi connectivity index (χ1v) is 9.15. The first kappa shape index (κ1) is 19.2. The van der Waals surface area contributed by atoms with Gasteiger partial charge in [-0.15, -0.1) is 0 Å². The topological polar surface area (TPSA) is 61.9 Å². The highest BCUT2D eigenvalue weighted by Crippen LogP contribution is 2.05. The Morgan fingerprint density at radius 2 is 1.72 bits per heavy atom. The van der Waals surface area contributed by atoms with Gasteiger partial charge in [-0.1, -0.05) is 30.3 Å². The summed E-state index contributed by atoms with van der Waals surface area (Å²) in [6, 6.07) is 10.4. The predicted octanol–water partition coefficient (Wildman–Crippen LogP) is 1.90. The minimum absolute atomic E-state index is 0.152. The minimum Gasteiger partial charge on any atom is -0.450 e. The molecule has 0 aromatic heterocycles. The molecule has 6 heteroatoms. The molecule has 1 aliphatic rings. The third-order valence-electron chi connectivity index (χ3n) is 4.34. The molecule has 0 aliphatic carbocycles. The van der Waals surface area contributed by atoms with Crippen molar-refractivity contribution in [1.29, 1.82) is 0 Å². The van der Waals surface area contributed by atoms with Crippen LogP contribution in [0.3, 0.4) is 0 Å². The summed E-state index contributed by atoms with van der Waals surface area (Å²) in [5.74, 6) is 0.152. The second-order valence-corrected chi connectivity index (χ2v) is 6.16. The Morgan fingerprint density at radius 1 is 1.04 bits per heavy atom. The third-order valence-corrected chi connectivity index (χ3v) is 4.34. The number of hydrogen-bond donors (Lipinski definition) is 1. The van der Waals surface area contributed by atoms with E-state index in [4.69, 9.17) is 4.74 Å². The van der Waals surface area contributed by atoms with E-state index in [2.05, 4.69) is 29.6 Å². The van der Waals surface area contributed by atoms with Gasteiger partial charge in [0.25, 0.3) is 0 Å². The average Bonchev–Trinajstić information content (AvgIpc) is 2.65. The molecule has 2 amide bonds. The normalized spacial score (nSPS) is 14.4. The van der Waals surface area contributed by atoms with Crippen LogP contribution in [0.15, 0.2) is 30.3 Å². The molecule has 0 saturated carbocycles. The molecule has 1 fully saturated rings. The Kier molecular flexibility index (Phi) is 8.25. The molecule has 6 nitrogen and oxygen atoms in total. The zero-order valence-electron chi connectivity index (χ0n) is 15.1. The van der Waals surface area contributed by atoms with E-state index >= 15 is 0 Å². The molecule has 138 valence electrons. The number of benzene rings is 1. The van der Waals surface area contributed by atoms with Crippen LogP contribution >= 0.6 is 0 Å². The van der Waals surface area contributed by atoms with Crippen molar-refractivity contribution >= 4 is 12.0 Å². The van der Waals surface area contributed by atoms with Gasteiger partial charge < -0.3 is 19.9 Å². The Labute approximate surface area is 150 Å². The summed E-state index contributed by atoms with van der Waals surface area (Å²) in [6.07, 6.45) is 2.34. The van der Waals surface area contributed by atoms with Crippen LogP contribution in [0.1, 0.15) is 25.3 Å². The lowest BCUT2D eigenvalue weighted by Gasteiger charge is -2.34. The number of piperazine rings is 1. The van der Waals surface area contributed by atoms with Crippen LogP contribution in [0.25, 0.3) is 0 Å². The first-order chi connectivity index (χ1) is 12.2. The lowest BCUT2D eigenvalue weighted by molar-refractivity contribution is -0.132. The highest BCUT2D eigenvalue weighted by atomic mass is 16.6. The van der Waals surface area contributed by atoms with Crippen LogP contribution < -0.4 is 5.32 Å². The van der Waals surface area contributed by atoms with Crippen LogP contribution in [-0.4, -0.2) is 67.7 Å². The zero-order chi connectivity index (χ0) is 17.9. The summed E-state index contributed by atoms with van der Waals surface area (Å²) in [5.41, 5.74) is 1.35. The van der Waals surface area contributed by atoms with Crippen molar-refractivity contribution in [2.45, 2.75) is 26.2 Å². The van der Waals surface area contributed by atoms with Crippen molar-refractivity contribution in [2.24, 2.45) is 0 Å². The van der Waals surface area contributed by atoms with E-state index in [-0.39, 0.29) is 12.0 Å². The van der Waals surface area contributed by atoms with Gasteiger partial charge in [0.05, 0.1) is 6.61 Å². The third kappa shape index (κ3) is 6.74. The second kappa shape index (κ2) is 10.7. The van der Waals surface area contributed by atoms with Crippen molar-refractivity contribution in [3.05, 3.63) is 35.9 Å². The molecule has 0 bridgehead atoms. The largest absolute Gasteiger partial charge is 0.450 e. The van der Waals surface area contributed by atoms with E-state index in [9.17, 15) is 9.59 Å². The fraction of sp³-hybridized carbons (Fsp3) is 0.579. The Morgan fingerprint density at radius 3 is 2.40 bits per heavy atom. The molecule has 1 saturated heterocycles. The van der Waals surface area contributed by atoms with Gasteiger partial charge in [0, 0.05) is 39.1 Å². The summed E-state index contributed by atoms with van der Waals surface area (Å²) >= 11 is 0. The summed E-state index contributed by atoms with van der Waals surface area (Å²) in [6.45, 7) is 6.07. The summed E-state index contributed by atoms with van der Waals surface area (Å²) in [4.78, 5) is 27.3. The molecule has 25 heavy (non-hydrogen) atoms. The highest BCUT2D eigenvalue weighted by molar-refractivity contribution is 5.77. The molecule has 0 atom stereocenters. The smallest absolute Gasteiger partial charge is 0.409 e. The van der Waals surface area contributed by atoms with E-state index in [1.165, 1.54) is 5.56 Å². The standard InChI is InChI=1S/C19H29N3O3/c1-2-25-19(24)22-15-13-21(14-16-22)18(23)10-12-20-11-6-9-17-7-4-3-5-8-17/h3-5,7-8,20H,2,6,9-16H2,1H3. The molecule has 1 aromatic rings. The van der Waals surface area contributed by atoms with Gasteiger partial charge in [0.1, 0.15) is 0 Å². The molecule has 1 aliphatic heterocycles. The second-order valence-electron chi connectivity index (χ2n) is 6.16. The SMILES string of the molecule is CCOC(=O)N1CCN(C(=O)CCNCCCc2ccccc2)CC1. The molecular formula is C19H29N3O3. The fourth-order valence-corrected chi connectivity index (χ4v) is 2.89. The number of aryl methyl sites for hydroxylation is 1. The van der Waals surface area contributed by atoms with Crippen LogP contribution in [0, 0.1) is 0 Å². The van der Waals surface area contributed by atoms with Crippen LogP contribution in [-0.2, 0) is 16.0 Å². The van der Waals surface area contributed by atoms with Crippen molar-refractivity contribution < 1.29 is 14.3 Å². The van der Waals surface area contributed by atoms with E-state index in [0.717, 1.165) is 19.4 Å². The number of ether oxygens (including phenoxy) is 1. The minimum atomic E-state index is -0.283. The summed E-state index contributed by atoms with van der Waals surface area (Å²) in [5, 5.41) is 3.34. The number of nitrogens with zero attached hydrogens (tertiary/aromatic N) is 2. The fourth-order valence-electron chi connectivity index (χ4n) is 2.89. The van der Waals surface area contributed by atoms with E-state index in [1.807, 2.05) is 11.0 Å². The van der Waals surface area contributed by atoms with E-state index < -0.39 is 0 Å². The summed E-state index contributed by atoms with van der Waals surface area (Å²) in [7, 11) is 0. The Bertz CT molecular complexity index is 528. The Balaban J connectivity index is 1.53. The van der Waals surface area contributed by atoms with Crippen molar-refractivity contribution in [2.75, 3.05) is 45.9 Å². The van der Waals surface area contributed by atoms with Crippen LogP contribution in [0.2, 0.25) is 0 Å². The molecule has 0 unspecified atom stereocenters. The summed E-state index contributed by atoms with van der Waals surface area (Å²) < 4.78 is 4.98. The quantitative estimate of drug-likeness (QED) is 0.730. The maximum absolute atomic E-state index is 12.2. The van der Waals surface area contributed by atoms with Gasteiger partial charge in [0.15, 0.2) is 0 Å². The number of hydrogen-bond acceptors (Lipinski definition) is 4. The average molecular weight is 347 g/mol. The predicted molar refractivity (Wildman–Crippen MR) is 97.4 cm³/mol. The molecule has 1 N–H and O–H groups in total. The maximum atomic E-state index is 12.2. The van der Waals surface area contributed by atoms with Crippen molar-refractivity contribution in [1.82, 2.24) is 15.1 Å². The van der Waals surface area contributed by atoms with Crippen molar-refractivity contribution in [3.8, 4) is 0 Å². The molecule has 2 rings (SSSR count). The Hall–Kier alpha value is -2.08. The lowest BCUT2D eigenvalue weighted by Crippen LogP contribution is -2.51. The van der Waals surface area contributed by atoms with E-state index in [1.54, 1.807) is 11.8 Å². The number of amides is 2. The lowest BCUT2D eigenvalue weighted by atomic mass is 10.1. The number of carbonyl (C=O) groups is 2. The van der Waals surface area contributed by atoms with Gasteiger partial charge in [-0.25, -0.2) is 4.79 Å². The first-order valence-electron chi connectivity index (χ1n) is 9.15. The van der Waals surface area contributed by atoms with Crippen LogP contribution in [0.4, 0.5) is 4.79 Å². The van der Waals surface area contributed by atoms with Gasteiger partial charge in [-0.05, 0) is 31.9 Å². The number of nitrogens with one attached hydrogen (secondary N) is 1. The van der Waals surface area contributed by atoms with Gasteiger partial charge >= 0.3 is 6.09 Å². The van der Waals surface area contributed by atoms with Gasteiger partial charge in [0.2, 0.25) is 5.91 Å². The number of carbonyl (C=O) groups excluding carboxylic acids is 2. The molecule has 0 spiro atoms. The van der Waals surface area contributed by atoms with E-state index in [0.29, 0.717) is 45.8 Å².